The molecule has 2 rings (SSSR count). The van der Waals surface area contributed by atoms with Gasteiger partial charge in [0.2, 0.25) is 5.91 Å². The molecule has 19 heteroatoms. The molecule has 44 heavy (non-hydrogen) atoms. The highest BCUT2D eigenvalue weighted by Gasteiger charge is 2.43. The van der Waals surface area contributed by atoms with Crippen LogP contribution in [0.5, 0.6) is 0 Å². The number of alkyl halides is 1. The number of Topliss-reactive ketones (excluding diaryl/α,β-unsaturated/α-hetero) is 3. The van der Waals surface area contributed by atoms with Crippen molar-refractivity contribution in [3.63, 3.8) is 0 Å². The van der Waals surface area contributed by atoms with Gasteiger partial charge in [-0.25, -0.2) is 4.79 Å². The maximum atomic E-state index is 13.5. The Morgan fingerprint density at radius 2 is 1.16 bits per heavy atom. The number of carbonyl (C=O) groups excluding carboxylic acids is 5. The van der Waals surface area contributed by atoms with Gasteiger partial charge in [-0.2, -0.15) is 0 Å². The van der Waals surface area contributed by atoms with Crippen LogP contribution in [0.3, 0.4) is 0 Å². The number of rotatable bonds is 13. The van der Waals surface area contributed by atoms with Crippen LogP contribution in [0, 0.1) is 0 Å². The van der Waals surface area contributed by atoms with E-state index in [2.05, 4.69) is 10.6 Å². The molecule has 2 aliphatic heterocycles. The molecule has 2 aliphatic rings. The third-order valence-electron chi connectivity index (χ3n) is 7.07. The van der Waals surface area contributed by atoms with Crippen molar-refractivity contribution in [2.24, 2.45) is 5.73 Å². The van der Waals surface area contributed by atoms with Crippen molar-refractivity contribution in [2.75, 3.05) is 78.5 Å². The summed E-state index contributed by atoms with van der Waals surface area (Å²) >= 11 is 6.49. The fourth-order valence-corrected chi connectivity index (χ4v) is 5.14. The van der Waals surface area contributed by atoms with Gasteiger partial charge < -0.3 is 31.7 Å². The molecule has 0 aromatic rings. The number of hydrogen-bond acceptors (Lipinski definition) is 12. The minimum atomic E-state index is -2.35. The van der Waals surface area contributed by atoms with E-state index in [1.54, 1.807) is 19.6 Å². The third-order valence-corrected chi connectivity index (χ3v) is 7.51. The van der Waals surface area contributed by atoms with E-state index in [0.717, 1.165) is 0 Å². The number of piperidine rings is 1. The Bertz CT molecular complexity index is 1090. The molecule has 2 saturated heterocycles. The molecule has 2 heterocycles. The molecule has 2 fully saturated rings. The summed E-state index contributed by atoms with van der Waals surface area (Å²) in [7, 11) is 0. The van der Waals surface area contributed by atoms with E-state index in [1.807, 2.05) is 0 Å². The van der Waals surface area contributed by atoms with Gasteiger partial charge in [-0.3, -0.25) is 53.2 Å². The minimum Gasteiger partial charge on any atom is -0.480 e. The van der Waals surface area contributed by atoms with Crippen LogP contribution in [0.25, 0.3) is 0 Å². The Morgan fingerprint density at radius 1 is 0.773 bits per heavy atom. The van der Waals surface area contributed by atoms with Crippen LogP contribution in [0.15, 0.2) is 0 Å². The highest BCUT2D eigenvalue weighted by molar-refractivity contribution is 6.37. The van der Waals surface area contributed by atoms with Gasteiger partial charge in [-0.1, -0.05) is 11.6 Å². The maximum absolute atomic E-state index is 13.5. The van der Waals surface area contributed by atoms with Crippen molar-refractivity contribution >= 4 is 58.8 Å². The molecule has 0 saturated carbocycles. The number of hydrogen-bond donors (Lipinski definition) is 6. The number of nitrogens with one attached hydrogen (secondary N) is 2. The number of aliphatic carboxylic acids is 3. The first-order valence-electron chi connectivity index (χ1n) is 13.7. The molecule has 0 radical (unpaired) electrons. The summed E-state index contributed by atoms with van der Waals surface area (Å²) in [4.78, 5) is 100. The summed E-state index contributed by atoms with van der Waals surface area (Å²) in [5.74, 6) is -6.16. The number of urea groups is 1. The van der Waals surface area contributed by atoms with Gasteiger partial charge in [0.25, 0.3) is 0 Å². The van der Waals surface area contributed by atoms with Crippen LogP contribution in [-0.2, 0) is 33.6 Å². The van der Waals surface area contributed by atoms with Gasteiger partial charge in [0.05, 0.1) is 45.1 Å². The molecule has 0 aromatic heterocycles. The van der Waals surface area contributed by atoms with Crippen molar-refractivity contribution in [1.29, 1.82) is 0 Å². The van der Waals surface area contributed by atoms with Crippen LogP contribution in [0.4, 0.5) is 4.79 Å². The Balaban J connectivity index is 2.27. The number of carbonyl (C=O) groups is 8. The van der Waals surface area contributed by atoms with Crippen LogP contribution in [0.2, 0.25) is 0 Å². The molecule has 18 nitrogen and oxygen atoms in total. The lowest BCUT2D eigenvalue weighted by Gasteiger charge is -2.34. The predicted octanol–water partition coefficient (Wildman–Crippen LogP) is -3.56. The number of ketones is 3. The van der Waals surface area contributed by atoms with Gasteiger partial charge in [0, 0.05) is 58.8 Å². The van der Waals surface area contributed by atoms with Crippen molar-refractivity contribution in [3.8, 4) is 0 Å². The number of nitrogens with two attached hydrogens (primary N) is 1. The second-order valence-corrected chi connectivity index (χ2v) is 11.3. The summed E-state index contributed by atoms with van der Waals surface area (Å²) in [6, 6.07) is -2.47. The van der Waals surface area contributed by atoms with Crippen LogP contribution < -0.4 is 16.4 Å². The highest BCUT2D eigenvalue weighted by atomic mass is 35.5. The van der Waals surface area contributed by atoms with Crippen molar-refractivity contribution in [3.05, 3.63) is 0 Å². The number of carboxylic acid groups (broad SMARTS) is 3. The largest absolute Gasteiger partial charge is 0.480 e. The number of amides is 3. The lowest BCUT2D eigenvalue weighted by molar-refractivity contribution is -0.140. The summed E-state index contributed by atoms with van der Waals surface area (Å²) in [5.41, 5.74) is 5.23. The third kappa shape index (κ3) is 12.9. The normalized spacial score (nSPS) is 21.6. The predicted molar refractivity (Wildman–Crippen MR) is 151 cm³/mol. The van der Waals surface area contributed by atoms with Crippen molar-refractivity contribution in [1.82, 2.24) is 30.2 Å². The fourth-order valence-electron chi connectivity index (χ4n) is 4.85. The second kappa shape index (κ2) is 17.0. The van der Waals surface area contributed by atoms with Gasteiger partial charge in [-0.05, 0) is 0 Å². The van der Waals surface area contributed by atoms with E-state index in [1.165, 1.54) is 0 Å². The van der Waals surface area contributed by atoms with E-state index in [-0.39, 0.29) is 78.4 Å². The minimum absolute atomic E-state index is 0.0729. The zero-order valence-corrected chi connectivity index (χ0v) is 24.8. The number of halogens is 1. The Morgan fingerprint density at radius 3 is 1.50 bits per heavy atom. The Labute approximate surface area is 257 Å². The van der Waals surface area contributed by atoms with Gasteiger partial charge in [0.15, 0.2) is 16.6 Å². The number of carboxylic acids is 3. The molecular weight excluding hydrogens is 610 g/mol. The molecule has 7 N–H and O–H groups in total. The average Bonchev–Trinajstić information content (AvgIpc) is 2.88. The summed E-state index contributed by atoms with van der Waals surface area (Å²) in [6.45, 7) is -0.539. The Hall–Kier alpha value is -3.71. The van der Waals surface area contributed by atoms with Gasteiger partial charge >= 0.3 is 23.9 Å². The highest BCUT2D eigenvalue weighted by Crippen LogP contribution is 2.22. The molecule has 0 bridgehead atoms. The molecule has 0 spiro atoms. The van der Waals surface area contributed by atoms with E-state index in [9.17, 15) is 53.7 Å². The van der Waals surface area contributed by atoms with Crippen LogP contribution in [0.1, 0.15) is 19.3 Å². The first kappa shape index (κ1) is 36.5. The summed E-state index contributed by atoms with van der Waals surface area (Å²) in [5, 5.41) is 32.5. The number of primary amides is 1. The maximum Gasteiger partial charge on any atom is 0.317 e. The monoisotopic (exact) mass is 647 g/mol. The van der Waals surface area contributed by atoms with Crippen LogP contribution in [-0.4, -0.2) is 172 Å². The standard InChI is InChI=1S/C25H38ClN7O11/c26-25(29-24(27)44,11-18(35)17-9-16(34)10-20(37)28-17)19(36)12-30-1-3-31(13-21(38)39)5-7-33(15-23(42)43)8-6-32(4-2-30)14-22(40)41/h17H,1-15H2,(H,28,37)(H,38,39)(H,40,41)(H,42,43)(H3,27,29,44)/t17-,25?/m0/s1. The molecule has 0 aromatic carbocycles. The lowest BCUT2D eigenvalue weighted by atomic mass is 9.94. The molecule has 0 aliphatic carbocycles. The van der Waals surface area contributed by atoms with E-state index < -0.39 is 77.6 Å². The first-order chi connectivity index (χ1) is 20.6. The second-order valence-electron chi connectivity index (χ2n) is 10.7. The Kier molecular flexibility index (Phi) is 14.1. The van der Waals surface area contributed by atoms with Crippen molar-refractivity contribution in [2.45, 2.75) is 30.3 Å². The molecule has 246 valence electrons. The first-order valence-corrected chi connectivity index (χ1v) is 14.1. The number of nitrogens with zero attached hydrogens (tertiary/aromatic N) is 4. The smallest absolute Gasteiger partial charge is 0.317 e. The van der Waals surface area contributed by atoms with E-state index in [0.29, 0.717) is 0 Å². The molecule has 2 atom stereocenters. The molecular formula is C25H38ClN7O11. The quantitative estimate of drug-likeness (QED) is 0.0642. The topological polar surface area (TPSA) is 260 Å². The zero-order chi connectivity index (χ0) is 33.0. The SMILES string of the molecule is NC(=O)NC(Cl)(CC(=O)[C@@H]1CC(=O)CC(=O)N1)C(=O)CN1CCN(CC(=O)O)CCN(CC(=O)O)CCN(CC(=O)O)CC1. The molecule has 3 amide bonds. The van der Waals surface area contributed by atoms with Crippen molar-refractivity contribution < 1.29 is 53.7 Å². The van der Waals surface area contributed by atoms with Crippen LogP contribution >= 0.6 is 11.6 Å². The van der Waals surface area contributed by atoms with Gasteiger partial charge in [-0.15, -0.1) is 0 Å². The van der Waals surface area contributed by atoms with Gasteiger partial charge in [0.1, 0.15) is 5.78 Å². The molecule has 1 unspecified atom stereocenters. The summed E-state index contributed by atoms with van der Waals surface area (Å²) in [6.07, 6.45) is -1.51. The summed E-state index contributed by atoms with van der Waals surface area (Å²) < 4.78 is 0. The lowest BCUT2D eigenvalue weighted by Crippen LogP contribution is -2.58. The van der Waals surface area contributed by atoms with E-state index in [4.69, 9.17) is 17.3 Å². The fraction of sp³-hybridized carbons (Fsp3) is 0.680. The average molecular weight is 648 g/mol. The van der Waals surface area contributed by atoms with E-state index >= 15 is 0 Å². The zero-order valence-electron chi connectivity index (χ0n) is 24.0.